The number of para-hydroxylation sites is 1. The standard InChI is InChI=1S/C23H23F2N3O2/c24-18-9-3-1-7-16(18)13-28(14-21-17-8-2-6-12-22(17)30-27-21)15-23(29)26-20-11-5-4-10-19(20)25/h1,3-5,7,9-11H,2,6,8,12-15H2,(H,26,29). The summed E-state index contributed by atoms with van der Waals surface area (Å²) in [6, 6.07) is 12.5. The first-order chi connectivity index (χ1) is 14.6. The highest BCUT2D eigenvalue weighted by atomic mass is 19.1. The summed E-state index contributed by atoms with van der Waals surface area (Å²) in [5.41, 5.74) is 2.47. The fourth-order valence-corrected chi connectivity index (χ4v) is 3.78. The summed E-state index contributed by atoms with van der Waals surface area (Å²) < 4.78 is 33.6. The number of hydrogen-bond acceptors (Lipinski definition) is 4. The van der Waals surface area contributed by atoms with E-state index in [0.717, 1.165) is 42.7 Å². The van der Waals surface area contributed by atoms with Crippen LogP contribution < -0.4 is 5.32 Å². The molecule has 7 heteroatoms. The monoisotopic (exact) mass is 411 g/mol. The number of carbonyl (C=O) groups excluding carboxylic acids is 1. The highest BCUT2D eigenvalue weighted by molar-refractivity contribution is 5.92. The van der Waals surface area contributed by atoms with E-state index in [4.69, 9.17) is 4.52 Å². The van der Waals surface area contributed by atoms with Crippen molar-refractivity contribution in [3.8, 4) is 0 Å². The Bertz CT molecular complexity index is 1030. The SMILES string of the molecule is O=C(CN(Cc1ccccc1F)Cc1noc2c1CCCC2)Nc1ccccc1F. The number of hydrogen-bond donors (Lipinski definition) is 1. The zero-order valence-electron chi connectivity index (χ0n) is 16.5. The summed E-state index contributed by atoms with van der Waals surface area (Å²) in [7, 11) is 0. The first kappa shape index (κ1) is 20.2. The molecule has 1 heterocycles. The molecule has 0 fully saturated rings. The largest absolute Gasteiger partial charge is 0.361 e. The number of rotatable bonds is 7. The lowest BCUT2D eigenvalue weighted by atomic mass is 9.96. The molecule has 0 saturated carbocycles. The lowest BCUT2D eigenvalue weighted by molar-refractivity contribution is -0.117. The van der Waals surface area contributed by atoms with E-state index in [0.29, 0.717) is 12.1 Å². The molecule has 1 aromatic heterocycles. The van der Waals surface area contributed by atoms with Crippen LogP contribution in [0, 0.1) is 11.6 Å². The topological polar surface area (TPSA) is 58.4 Å². The number of fused-ring (bicyclic) bond motifs is 1. The first-order valence-corrected chi connectivity index (χ1v) is 10.1. The Morgan fingerprint density at radius 3 is 2.53 bits per heavy atom. The smallest absolute Gasteiger partial charge is 0.238 e. The number of benzene rings is 2. The van der Waals surface area contributed by atoms with Crippen LogP contribution in [-0.4, -0.2) is 22.5 Å². The van der Waals surface area contributed by atoms with Crippen LogP contribution in [0.3, 0.4) is 0 Å². The minimum absolute atomic E-state index is 0.0374. The fraction of sp³-hybridized carbons (Fsp3) is 0.304. The van der Waals surface area contributed by atoms with Crippen LogP contribution in [0.25, 0.3) is 0 Å². The number of halogens is 2. The van der Waals surface area contributed by atoms with Crippen LogP contribution in [0.4, 0.5) is 14.5 Å². The average Bonchev–Trinajstić information content (AvgIpc) is 3.14. The Labute approximate surface area is 173 Å². The maximum absolute atomic E-state index is 14.2. The summed E-state index contributed by atoms with van der Waals surface area (Å²) in [4.78, 5) is 14.4. The second-order valence-electron chi connectivity index (χ2n) is 7.50. The molecule has 30 heavy (non-hydrogen) atoms. The van der Waals surface area contributed by atoms with Gasteiger partial charge in [-0.25, -0.2) is 8.78 Å². The number of aryl methyl sites for hydroxylation is 1. The quantitative estimate of drug-likeness (QED) is 0.623. The van der Waals surface area contributed by atoms with Crippen LogP contribution in [0.1, 0.15) is 35.4 Å². The number of nitrogens with zero attached hydrogens (tertiary/aromatic N) is 2. The van der Waals surface area contributed by atoms with Gasteiger partial charge < -0.3 is 9.84 Å². The van der Waals surface area contributed by atoms with Gasteiger partial charge in [0.1, 0.15) is 23.1 Å². The lowest BCUT2D eigenvalue weighted by Gasteiger charge is -2.22. The molecule has 4 rings (SSSR count). The van der Waals surface area contributed by atoms with Gasteiger partial charge in [-0.3, -0.25) is 9.69 Å². The predicted molar refractivity (Wildman–Crippen MR) is 109 cm³/mol. The van der Waals surface area contributed by atoms with Crippen LogP contribution in [-0.2, 0) is 30.7 Å². The third-order valence-corrected chi connectivity index (χ3v) is 5.27. The van der Waals surface area contributed by atoms with E-state index in [1.165, 1.54) is 18.2 Å². The van der Waals surface area contributed by atoms with Gasteiger partial charge >= 0.3 is 0 Å². The highest BCUT2D eigenvalue weighted by Crippen LogP contribution is 2.25. The van der Waals surface area contributed by atoms with Crippen molar-refractivity contribution in [2.24, 2.45) is 0 Å². The molecule has 0 aliphatic heterocycles. The van der Waals surface area contributed by atoms with Crippen LogP contribution in [0.5, 0.6) is 0 Å². The molecule has 1 aliphatic rings. The Morgan fingerprint density at radius 2 is 1.73 bits per heavy atom. The normalized spacial score (nSPS) is 13.3. The molecule has 0 bridgehead atoms. The third kappa shape index (κ3) is 4.74. The highest BCUT2D eigenvalue weighted by Gasteiger charge is 2.23. The summed E-state index contributed by atoms with van der Waals surface area (Å²) in [6.07, 6.45) is 3.90. The van der Waals surface area contributed by atoms with E-state index in [9.17, 15) is 13.6 Å². The fourth-order valence-electron chi connectivity index (χ4n) is 3.78. The molecule has 3 aromatic rings. The Kier molecular flexibility index (Phi) is 6.18. The van der Waals surface area contributed by atoms with E-state index >= 15 is 0 Å². The molecular formula is C23H23F2N3O2. The minimum Gasteiger partial charge on any atom is -0.361 e. The van der Waals surface area contributed by atoms with Crippen molar-refractivity contribution >= 4 is 11.6 Å². The van der Waals surface area contributed by atoms with E-state index in [2.05, 4.69) is 10.5 Å². The summed E-state index contributed by atoms with van der Waals surface area (Å²) in [6.45, 7) is 0.529. The van der Waals surface area contributed by atoms with Crippen molar-refractivity contribution in [3.63, 3.8) is 0 Å². The molecule has 0 atom stereocenters. The molecular weight excluding hydrogens is 388 g/mol. The van der Waals surface area contributed by atoms with Crippen LogP contribution >= 0.6 is 0 Å². The lowest BCUT2D eigenvalue weighted by Crippen LogP contribution is -2.33. The number of carbonyl (C=O) groups is 1. The average molecular weight is 411 g/mol. The predicted octanol–water partition coefficient (Wildman–Crippen LogP) is 4.47. The zero-order chi connectivity index (χ0) is 20.9. The number of amides is 1. The zero-order valence-corrected chi connectivity index (χ0v) is 16.5. The molecule has 0 saturated heterocycles. The van der Waals surface area contributed by atoms with E-state index in [1.807, 2.05) is 0 Å². The Morgan fingerprint density at radius 1 is 1.00 bits per heavy atom. The Hall–Kier alpha value is -3.06. The second-order valence-corrected chi connectivity index (χ2v) is 7.50. The number of nitrogens with one attached hydrogen (secondary N) is 1. The summed E-state index contributed by atoms with van der Waals surface area (Å²) >= 11 is 0. The molecule has 5 nitrogen and oxygen atoms in total. The van der Waals surface area contributed by atoms with Gasteiger partial charge in [-0.15, -0.1) is 0 Å². The first-order valence-electron chi connectivity index (χ1n) is 10.1. The number of anilines is 1. The van der Waals surface area contributed by atoms with Crippen molar-refractivity contribution in [3.05, 3.63) is 82.7 Å². The molecule has 2 aromatic carbocycles. The Balaban J connectivity index is 1.52. The van der Waals surface area contributed by atoms with Gasteiger partial charge in [-0.1, -0.05) is 35.5 Å². The van der Waals surface area contributed by atoms with Gasteiger partial charge in [0.25, 0.3) is 0 Å². The molecule has 0 radical (unpaired) electrons. The molecule has 156 valence electrons. The van der Waals surface area contributed by atoms with Gasteiger partial charge in [0.15, 0.2) is 0 Å². The molecule has 1 N–H and O–H groups in total. The maximum atomic E-state index is 14.2. The van der Waals surface area contributed by atoms with Crippen molar-refractivity contribution in [1.29, 1.82) is 0 Å². The van der Waals surface area contributed by atoms with Crippen molar-refractivity contribution < 1.29 is 18.1 Å². The summed E-state index contributed by atoms with van der Waals surface area (Å²) in [5.74, 6) is -0.317. The van der Waals surface area contributed by atoms with E-state index < -0.39 is 5.82 Å². The van der Waals surface area contributed by atoms with Crippen LogP contribution in [0.2, 0.25) is 0 Å². The maximum Gasteiger partial charge on any atom is 0.238 e. The van der Waals surface area contributed by atoms with Crippen molar-refractivity contribution in [2.75, 3.05) is 11.9 Å². The van der Waals surface area contributed by atoms with Gasteiger partial charge in [0.2, 0.25) is 5.91 Å². The van der Waals surface area contributed by atoms with Gasteiger partial charge in [-0.2, -0.15) is 0 Å². The van der Waals surface area contributed by atoms with Gasteiger partial charge in [-0.05, 0) is 37.5 Å². The molecule has 1 aliphatic carbocycles. The second kappa shape index (κ2) is 9.17. The minimum atomic E-state index is -0.503. The van der Waals surface area contributed by atoms with Crippen molar-refractivity contribution in [1.82, 2.24) is 10.1 Å². The third-order valence-electron chi connectivity index (χ3n) is 5.27. The van der Waals surface area contributed by atoms with Crippen molar-refractivity contribution in [2.45, 2.75) is 38.8 Å². The number of aromatic nitrogens is 1. The van der Waals surface area contributed by atoms with Crippen LogP contribution in [0.15, 0.2) is 53.1 Å². The van der Waals surface area contributed by atoms with E-state index in [-0.39, 0.29) is 30.5 Å². The van der Waals surface area contributed by atoms with E-state index in [1.54, 1.807) is 35.2 Å². The molecule has 0 unspecified atom stereocenters. The summed E-state index contributed by atoms with van der Waals surface area (Å²) in [5, 5.41) is 6.79. The van der Waals surface area contributed by atoms with Gasteiger partial charge in [0.05, 0.1) is 12.2 Å². The molecule has 0 spiro atoms. The van der Waals surface area contributed by atoms with Gasteiger partial charge in [0, 0.05) is 30.6 Å². The molecule has 1 amide bonds.